The monoisotopic (exact) mass is 347 g/mol. The summed E-state index contributed by atoms with van der Waals surface area (Å²) in [6.45, 7) is 7.21. The molecule has 2 rings (SSSR count). The van der Waals surface area contributed by atoms with Gasteiger partial charge in [-0.3, -0.25) is 9.59 Å². The van der Waals surface area contributed by atoms with Gasteiger partial charge in [-0.15, -0.1) is 0 Å². The van der Waals surface area contributed by atoms with E-state index in [0.717, 1.165) is 17.7 Å². The van der Waals surface area contributed by atoms with Crippen LogP contribution in [0.25, 0.3) is 0 Å². The van der Waals surface area contributed by atoms with Crippen molar-refractivity contribution in [2.24, 2.45) is 5.92 Å². The molecule has 1 heterocycles. The number of nitrogens with zero attached hydrogens (tertiary/aromatic N) is 1. The second-order valence-electron chi connectivity index (χ2n) is 6.80. The molecule has 2 atom stereocenters. The number of piperidine rings is 1. The fourth-order valence-corrected chi connectivity index (χ4v) is 3.23. The highest BCUT2D eigenvalue weighted by Gasteiger charge is 2.31. The average Bonchev–Trinajstić information content (AvgIpc) is 2.65. The Labute approximate surface area is 150 Å². The number of carboxylic acids is 1. The third-order valence-electron chi connectivity index (χ3n) is 5.13. The van der Waals surface area contributed by atoms with Gasteiger partial charge in [0.05, 0.1) is 5.92 Å². The second kappa shape index (κ2) is 8.88. The lowest BCUT2D eigenvalue weighted by molar-refractivity contribution is -0.147. The lowest BCUT2D eigenvalue weighted by atomic mass is 9.96. The molecule has 0 aromatic heterocycles. The molecule has 0 saturated carbocycles. The number of ether oxygens (including phenoxy) is 1. The van der Waals surface area contributed by atoms with Crippen molar-refractivity contribution in [1.82, 2.24) is 4.90 Å². The van der Waals surface area contributed by atoms with Crippen LogP contribution in [0.5, 0.6) is 5.75 Å². The maximum atomic E-state index is 12.8. The predicted octanol–water partition coefficient (Wildman–Crippen LogP) is 3.68. The van der Waals surface area contributed by atoms with Crippen LogP contribution in [0.15, 0.2) is 24.3 Å². The Bertz CT molecular complexity index is 593. The summed E-state index contributed by atoms with van der Waals surface area (Å²) in [5.41, 5.74) is 1.13. The number of carboxylic acid groups (broad SMARTS) is 1. The minimum absolute atomic E-state index is 0.0368. The summed E-state index contributed by atoms with van der Waals surface area (Å²) in [6.07, 6.45) is 2.11. The molecule has 0 radical (unpaired) electrons. The zero-order valence-electron chi connectivity index (χ0n) is 15.4. The summed E-state index contributed by atoms with van der Waals surface area (Å²) < 4.78 is 6.10. The van der Waals surface area contributed by atoms with Crippen LogP contribution in [0.3, 0.4) is 0 Å². The first-order chi connectivity index (χ1) is 12.0. The van der Waals surface area contributed by atoms with Gasteiger partial charge in [-0.1, -0.05) is 39.0 Å². The first kappa shape index (κ1) is 19.3. The lowest BCUT2D eigenvalue weighted by Gasteiger charge is -2.33. The number of carbonyl (C=O) groups is 2. The number of para-hydroxylation sites is 1. The van der Waals surface area contributed by atoms with E-state index in [1.807, 2.05) is 25.1 Å². The zero-order chi connectivity index (χ0) is 18.4. The highest BCUT2D eigenvalue weighted by Crippen LogP contribution is 2.30. The molecule has 1 N–H and O–H groups in total. The van der Waals surface area contributed by atoms with E-state index in [2.05, 4.69) is 19.9 Å². The van der Waals surface area contributed by atoms with Gasteiger partial charge < -0.3 is 14.7 Å². The summed E-state index contributed by atoms with van der Waals surface area (Å²) in [7, 11) is 0. The van der Waals surface area contributed by atoms with E-state index < -0.39 is 12.1 Å². The van der Waals surface area contributed by atoms with Crippen LogP contribution in [0, 0.1) is 5.92 Å². The van der Waals surface area contributed by atoms with Crippen molar-refractivity contribution < 1.29 is 19.4 Å². The molecular formula is C20H29NO4. The lowest BCUT2D eigenvalue weighted by Crippen LogP contribution is -2.46. The Kier molecular flexibility index (Phi) is 6.85. The fourth-order valence-electron chi connectivity index (χ4n) is 3.23. The van der Waals surface area contributed by atoms with E-state index in [1.165, 1.54) is 0 Å². The first-order valence-electron chi connectivity index (χ1n) is 9.25. The summed E-state index contributed by atoms with van der Waals surface area (Å²) in [4.78, 5) is 25.6. The van der Waals surface area contributed by atoms with Crippen LogP contribution >= 0.6 is 0 Å². The minimum Gasteiger partial charge on any atom is -0.481 e. The SMILES string of the molecule is CCC(Oc1ccccc1C(C)CC)C(=O)N1CCC(C(=O)O)CC1. The van der Waals surface area contributed by atoms with Crippen molar-refractivity contribution in [3.63, 3.8) is 0 Å². The van der Waals surface area contributed by atoms with Crippen molar-refractivity contribution in [2.75, 3.05) is 13.1 Å². The molecule has 138 valence electrons. The highest BCUT2D eigenvalue weighted by atomic mass is 16.5. The molecule has 1 amide bonds. The molecule has 1 aliphatic heterocycles. The molecule has 25 heavy (non-hydrogen) atoms. The summed E-state index contributed by atoms with van der Waals surface area (Å²) >= 11 is 0. The van der Waals surface area contributed by atoms with Gasteiger partial charge in [-0.2, -0.15) is 0 Å². The van der Waals surface area contributed by atoms with Crippen LogP contribution in [0.4, 0.5) is 0 Å². The first-order valence-corrected chi connectivity index (χ1v) is 9.25. The van der Waals surface area contributed by atoms with Gasteiger partial charge in [0, 0.05) is 13.1 Å². The quantitative estimate of drug-likeness (QED) is 0.817. The van der Waals surface area contributed by atoms with Gasteiger partial charge in [-0.05, 0) is 43.2 Å². The maximum absolute atomic E-state index is 12.8. The zero-order valence-corrected chi connectivity index (χ0v) is 15.4. The Hall–Kier alpha value is -2.04. The van der Waals surface area contributed by atoms with Crippen LogP contribution < -0.4 is 4.74 Å². The van der Waals surface area contributed by atoms with Gasteiger partial charge in [0.1, 0.15) is 5.75 Å². The highest BCUT2D eigenvalue weighted by molar-refractivity contribution is 5.81. The van der Waals surface area contributed by atoms with Crippen molar-refractivity contribution in [1.29, 1.82) is 0 Å². The van der Waals surface area contributed by atoms with Gasteiger partial charge in [0.15, 0.2) is 6.10 Å². The third kappa shape index (κ3) is 4.74. The number of carbonyl (C=O) groups excluding carboxylic acids is 1. The van der Waals surface area contributed by atoms with Crippen molar-refractivity contribution in [3.8, 4) is 5.75 Å². The van der Waals surface area contributed by atoms with Crippen LogP contribution in [0.2, 0.25) is 0 Å². The number of hydrogen-bond donors (Lipinski definition) is 1. The van der Waals surface area contributed by atoms with Gasteiger partial charge >= 0.3 is 5.97 Å². The van der Waals surface area contributed by atoms with Crippen LogP contribution in [-0.4, -0.2) is 41.1 Å². The van der Waals surface area contributed by atoms with Gasteiger partial charge in [0.25, 0.3) is 5.91 Å². The van der Waals surface area contributed by atoms with E-state index in [4.69, 9.17) is 9.84 Å². The van der Waals surface area contributed by atoms with Crippen molar-refractivity contribution in [3.05, 3.63) is 29.8 Å². The molecule has 1 saturated heterocycles. The molecule has 0 aliphatic carbocycles. The van der Waals surface area contributed by atoms with Gasteiger partial charge in [-0.25, -0.2) is 0 Å². The molecule has 1 aromatic carbocycles. The molecule has 2 unspecified atom stereocenters. The summed E-state index contributed by atoms with van der Waals surface area (Å²) in [5.74, 6) is 0.00642. The fraction of sp³-hybridized carbons (Fsp3) is 0.600. The topological polar surface area (TPSA) is 66.8 Å². The van der Waals surface area contributed by atoms with E-state index in [0.29, 0.717) is 38.3 Å². The van der Waals surface area contributed by atoms with E-state index >= 15 is 0 Å². The Balaban J connectivity index is 2.05. The molecule has 5 heteroatoms. The molecule has 1 aliphatic rings. The number of likely N-dealkylation sites (tertiary alicyclic amines) is 1. The smallest absolute Gasteiger partial charge is 0.306 e. The van der Waals surface area contributed by atoms with Crippen molar-refractivity contribution >= 4 is 11.9 Å². The number of amides is 1. The average molecular weight is 347 g/mol. The molecule has 5 nitrogen and oxygen atoms in total. The molecular weight excluding hydrogens is 318 g/mol. The molecule has 1 aromatic rings. The van der Waals surface area contributed by atoms with E-state index in [9.17, 15) is 9.59 Å². The Morgan fingerprint density at radius 1 is 1.20 bits per heavy atom. The van der Waals surface area contributed by atoms with Crippen LogP contribution in [-0.2, 0) is 9.59 Å². The summed E-state index contributed by atoms with van der Waals surface area (Å²) in [5, 5.41) is 9.09. The second-order valence-corrected chi connectivity index (χ2v) is 6.80. The molecule has 0 bridgehead atoms. The standard InChI is InChI=1S/C20H29NO4/c1-4-14(3)16-8-6-7-9-18(16)25-17(5-2)19(22)21-12-10-15(11-13-21)20(23)24/h6-9,14-15,17H,4-5,10-13H2,1-3H3,(H,23,24). The normalized spacial score (nSPS) is 17.8. The summed E-state index contributed by atoms with van der Waals surface area (Å²) in [6, 6.07) is 7.90. The van der Waals surface area contributed by atoms with Crippen LogP contribution in [0.1, 0.15) is 57.9 Å². The number of hydrogen-bond acceptors (Lipinski definition) is 3. The Morgan fingerprint density at radius 3 is 2.40 bits per heavy atom. The minimum atomic E-state index is -0.766. The number of rotatable bonds is 7. The molecule has 0 spiro atoms. The number of aliphatic carboxylic acids is 1. The third-order valence-corrected chi connectivity index (χ3v) is 5.13. The van der Waals surface area contributed by atoms with Crippen molar-refractivity contribution in [2.45, 2.75) is 58.5 Å². The van der Waals surface area contributed by atoms with E-state index in [1.54, 1.807) is 4.90 Å². The largest absolute Gasteiger partial charge is 0.481 e. The maximum Gasteiger partial charge on any atom is 0.306 e. The number of benzene rings is 1. The van der Waals surface area contributed by atoms with E-state index in [-0.39, 0.29) is 11.8 Å². The van der Waals surface area contributed by atoms with Gasteiger partial charge in [0.2, 0.25) is 0 Å². The Morgan fingerprint density at radius 2 is 1.84 bits per heavy atom. The predicted molar refractivity (Wildman–Crippen MR) is 96.8 cm³/mol. The molecule has 1 fully saturated rings.